The largest absolute Gasteiger partial charge is 0.433 e. The lowest BCUT2D eigenvalue weighted by molar-refractivity contribution is -0.402. The zero-order valence-corrected chi connectivity index (χ0v) is 15.4. The van der Waals surface area contributed by atoms with Gasteiger partial charge in [0.25, 0.3) is 0 Å². The summed E-state index contributed by atoms with van der Waals surface area (Å²) in [5, 5.41) is 18.7. The van der Waals surface area contributed by atoms with Crippen molar-refractivity contribution in [3.63, 3.8) is 0 Å². The predicted octanol–water partition coefficient (Wildman–Crippen LogP) is 3.20. The Morgan fingerprint density at radius 1 is 1.07 bits per heavy atom. The standard InChI is InChI=1S/C20H14N6O4/c27-20(23-21-13-16-11-12-17(30-16)26(28)29)18-22-19(14-7-3-1-4-8-14)25(24-18)15-9-5-2-6-10-15/h1-13H,(H,23,27)/b21-13+. The average molecular weight is 402 g/mol. The second-order valence-electron chi connectivity index (χ2n) is 6.00. The highest BCUT2D eigenvalue weighted by molar-refractivity contribution is 5.91. The molecule has 0 unspecified atom stereocenters. The number of furan rings is 1. The molecule has 0 aliphatic heterocycles. The number of carbonyl (C=O) groups is 1. The van der Waals surface area contributed by atoms with Gasteiger partial charge in [-0.25, -0.2) is 15.1 Å². The van der Waals surface area contributed by atoms with E-state index >= 15 is 0 Å². The third kappa shape index (κ3) is 3.97. The molecule has 148 valence electrons. The first-order chi connectivity index (χ1) is 14.6. The monoisotopic (exact) mass is 402 g/mol. The van der Waals surface area contributed by atoms with Crippen LogP contribution in [0.25, 0.3) is 17.1 Å². The highest BCUT2D eigenvalue weighted by Crippen LogP contribution is 2.21. The SMILES string of the molecule is O=C(N/N=C/c1ccc([N+](=O)[O-])o1)c1nc(-c2ccccc2)n(-c2ccccc2)n1. The van der Waals surface area contributed by atoms with Gasteiger partial charge in [0.15, 0.2) is 11.6 Å². The number of hydrazone groups is 1. The minimum Gasteiger partial charge on any atom is -0.400 e. The molecule has 0 aliphatic rings. The first-order valence-corrected chi connectivity index (χ1v) is 8.77. The van der Waals surface area contributed by atoms with Gasteiger partial charge < -0.3 is 4.42 Å². The number of nitrogens with one attached hydrogen (secondary N) is 1. The Hall–Kier alpha value is -4.60. The van der Waals surface area contributed by atoms with E-state index in [-0.39, 0.29) is 11.6 Å². The van der Waals surface area contributed by atoms with Gasteiger partial charge >= 0.3 is 11.8 Å². The van der Waals surface area contributed by atoms with Crippen molar-refractivity contribution in [2.45, 2.75) is 0 Å². The number of benzene rings is 2. The number of hydrogen-bond donors (Lipinski definition) is 1. The summed E-state index contributed by atoms with van der Waals surface area (Å²) < 4.78 is 6.51. The number of nitro groups is 1. The van der Waals surface area contributed by atoms with Crippen LogP contribution in [0.3, 0.4) is 0 Å². The van der Waals surface area contributed by atoms with Gasteiger partial charge in [0, 0.05) is 5.56 Å². The quantitative estimate of drug-likeness (QED) is 0.300. The molecule has 0 radical (unpaired) electrons. The number of nitrogens with zero attached hydrogens (tertiary/aromatic N) is 5. The summed E-state index contributed by atoms with van der Waals surface area (Å²) in [5.74, 6) is -0.523. The molecule has 0 bridgehead atoms. The minimum atomic E-state index is -0.666. The predicted molar refractivity (Wildman–Crippen MR) is 107 cm³/mol. The number of rotatable bonds is 6. The van der Waals surface area contributed by atoms with E-state index in [4.69, 9.17) is 4.42 Å². The van der Waals surface area contributed by atoms with E-state index in [9.17, 15) is 14.9 Å². The van der Waals surface area contributed by atoms with Gasteiger partial charge in [-0.15, -0.1) is 5.10 Å². The molecule has 0 atom stereocenters. The maximum Gasteiger partial charge on any atom is 0.433 e. The normalized spacial score (nSPS) is 10.9. The van der Waals surface area contributed by atoms with Gasteiger partial charge in [-0.1, -0.05) is 48.5 Å². The molecule has 1 N–H and O–H groups in total. The van der Waals surface area contributed by atoms with Crippen molar-refractivity contribution in [2.75, 3.05) is 0 Å². The maximum atomic E-state index is 12.5. The van der Waals surface area contributed by atoms with Crippen molar-refractivity contribution < 1.29 is 14.1 Å². The van der Waals surface area contributed by atoms with Crippen LogP contribution in [0.1, 0.15) is 16.4 Å². The van der Waals surface area contributed by atoms with Crippen molar-refractivity contribution in [2.24, 2.45) is 5.10 Å². The average Bonchev–Trinajstić information content (AvgIpc) is 3.43. The Morgan fingerprint density at radius 2 is 1.77 bits per heavy atom. The van der Waals surface area contributed by atoms with E-state index in [1.807, 2.05) is 60.7 Å². The van der Waals surface area contributed by atoms with Crippen LogP contribution in [-0.2, 0) is 0 Å². The van der Waals surface area contributed by atoms with Crippen molar-refractivity contribution in [3.8, 4) is 17.1 Å². The lowest BCUT2D eigenvalue weighted by Crippen LogP contribution is -2.19. The molecule has 0 saturated carbocycles. The zero-order chi connectivity index (χ0) is 20.9. The van der Waals surface area contributed by atoms with Gasteiger partial charge in [-0.2, -0.15) is 5.10 Å². The number of hydrogen-bond acceptors (Lipinski definition) is 7. The number of aromatic nitrogens is 3. The first-order valence-electron chi connectivity index (χ1n) is 8.77. The van der Waals surface area contributed by atoms with E-state index in [0.717, 1.165) is 17.5 Å². The Labute approximate surface area is 169 Å². The van der Waals surface area contributed by atoms with Crippen LogP contribution in [0.2, 0.25) is 0 Å². The number of carbonyl (C=O) groups excluding carboxylic acids is 1. The molecule has 0 saturated heterocycles. The van der Waals surface area contributed by atoms with Crippen LogP contribution in [0.15, 0.2) is 82.3 Å². The molecule has 0 aliphatic carbocycles. The first kappa shape index (κ1) is 18.7. The van der Waals surface area contributed by atoms with Gasteiger partial charge in [0.1, 0.15) is 4.92 Å². The minimum absolute atomic E-state index is 0.0831. The summed E-state index contributed by atoms with van der Waals surface area (Å²) in [7, 11) is 0. The smallest absolute Gasteiger partial charge is 0.400 e. The van der Waals surface area contributed by atoms with Gasteiger partial charge in [0.05, 0.1) is 18.0 Å². The molecule has 10 heteroatoms. The van der Waals surface area contributed by atoms with Crippen molar-refractivity contribution in [1.29, 1.82) is 0 Å². The molecule has 2 aromatic heterocycles. The number of para-hydroxylation sites is 1. The third-order valence-corrected chi connectivity index (χ3v) is 3.99. The summed E-state index contributed by atoms with van der Waals surface area (Å²) in [5.41, 5.74) is 3.83. The van der Waals surface area contributed by atoms with E-state index in [2.05, 4.69) is 20.6 Å². The van der Waals surface area contributed by atoms with E-state index in [1.165, 1.54) is 12.1 Å². The molecule has 4 aromatic rings. The van der Waals surface area contributed by atoms with Crippen LogP contribution in [0.5, 0.6) is 0 Å². The molecular weight excluding hydrogens is 388 g/mol. The van der Waals surface area contributed by atoms with Gasteiger partial charge in [-0.3, -0.25) is 14.9 Å². The highest BCUT2D eigenvalue weighted by atomic mass is 16.6. The summed E-state index contributed by atoms with van der Waals surface area (Å²) in [6.07, 6.45) is 1.15. The fourth-order valence-corrected chi connectivity index (χ4v) is 2.65. The number of amides is 1. The molecule has 30 heavy (non-hydrogen) atoms. The Bertz CT molecular complexity index is 1160. The molecule has 1 amide bonds. The summed E-state index contributed by atoms with van der Waals surface area (Å²) in [6.45, 7) is 0. The molecular formula is C20H14N6O4. The van der Waals surface area contributed by atoms with E-state index in [1.54, 1.807) is 4.68 Å². The van der Waals surface area contributed by atoms with Crippen molar-refractivity contribution >= 4 is 18.0 Å². The second kappa shape index (κ2) is 8.19. The maximum absolute atomic E-state index is 12.5. The van der Waals surface area contributed by atoms with Crippen LogP contribution in [0.4, 0.5) is 5.88 Å². The van der Waals surface area contributed by atoms with E-state index in [0.29, 0.717) is 5.82 Å². The summed E-state index contributed by atoms with van der Waals surface area (Å²) in [6, 6.07) is 21.2. The zero-order valence-electron chi connectivity index (χ0n) is 15.4. The Kier molecular flexibility index (Phi) is 5.12. The van der Waals surface area contributed by atoms with Crippen LogP contribution in [0, 0.1) is 10.1 Å². The molecule has 0 fully saturated rings. The van der Waals surface area contributed by atoms with Crippen molar-refractivity contribution in [1.82, 2.24) is 20.2 Å². The Morgan fingerprint density at radius 3 is 2.43 bits per heavy atom. The molecule has 2 heterocycles. The fraction of sp³-hybridized carbons (Fsp3) is 0. The second-order valence-corrected chi connectivity index (χ2v) is 6.00. The van der Waals surface area contributed by atoms with Gasteiger partial charge in [0.2, 0.25) is 5.82 Å². The van der Waals surface area contributed by atoms with Crippen LogP contribution < -0.4 is 5.43 Å². The lowest BCUT2D eigenvalue weighted by Gasteiger charge is -2.05. The molecule has 10 nitrogen and oxygen atoms in total. The Balaban J connectivity index is 1.59. The summed E-state index contributed by atoms with van der Waals surface area (Å²) >= 11 is 0. The van der Waals surface area contributed by atoms with Crippen LogP contribution >= 0.6 is 0 Å². The molecule has 2 aromatic carbocycles. The highest BCUT2D eigenvalue weighted by Gasteiger charge is 2.18. The fourth-order valence-electron chi connectivity index (χ4n) is 2.65. The third-order valence-electron chi connectivity index (χ3n) is 3.99. The lowest BCUT2D eigenvalue weighted by atomic mass is 10.2. The molecule has 0 spiro atoms. The topological polar surface area (TPSA) is 128 Å². The van der Waals surface area contributed by atoms with Crippen molar-refractivity contribution in [3.05, 3.63) is 94.5 Å². The van der Waals surface area contributed by atoms with E-state index < -0.39 is 16.7 Å². The molecule has 4 rings (SSSR count). The van der Waals surface area contributed by atoms with Crippen LogP contribution in [-0.4, -0.2) is 31.8 Å². The van der Waals surface area contributed by atoms with Gasteiger partial charge in [-0.05, 0) is 18.2 Å². The summed E-state index contributed by atoms with van der Waals surface area (Å²) in [4.78, 5) is 26.8.